The quantitative estimate of drug-likeness (QED) is 0.0500. The average molecular weight is 1120 g/mol. The highest BCUT2D eigenvalue weighted by Crippen LogP contribution is 2.32. The van der Waals surface area contributed by atoms with Crippen LogP contribution < -0.4 is 5.32 Å². The monoisotopic (exact) mass is 1120 g/mol. The molecule has 0 radical (unpaired) electrons. The summed E-state index contributed by atoms with van der Waals surface area (Å²) in [5.74, 6) is -5.50. The summed E-state index contributed by atoms with van der Waals surface area (Å²) in [6.07, 6.45) is 3.43. The molecule has 0 aliphatic carbocycles. The van der Waals surface area contributed by atoms with Crippen LogP contribution >= 0.6 is 11.8 Å². The summed E-state index contributed by atoms with van der Waals surface area (Å²) < 4.78 is 17.6. The van der Waals surface area contributed by atoms with E-state index in [2.05, 4.69) is 5.32 Å². The molecule has 9 atom stereocenters. The molecule has 79 heavy (non-hydrogen) atoms. The van der Waals surface area contributed by atoms with Crippen LogP contribution in [0.2, 0.25) is 0 Å². The number of ketones is 3. The van der Waals surface area contributed by atoms with Gasteiger partial charge in [0.05, 0.1) is 54.5 Å². The van der Waals surface area contributed by atoms with Crippen molar-refractivity contribution in [2.75, 3.05) is 59.5 Å². The number of hydrogen-bond acceptors (Lipinski definition) is 14. The number of likely N-dealkylation sites (N-methyl/N-ethyl adjacent to an activating group) is 2. The normalized spacial score (nSPS) is 18.3. The van der Waals surface area contributed by atoms with Crippen LogP contribution in [0.15, 0.2) is 54.6 Å². The second kappa shape index (κ2) is 32.0. The topological polar surface area (TPSA) is 227 Å². The number of aliphatic carboxylic acids is 1. The molecule has 2 fully saturated rings. The number of unbranched alkanes of at least 4 members (excludes halogenated alkanes) is 2. The Morgan fingerprint density at radius 3 is 2.03 bits per heavy atom. The number of Topliss-reactive ketones (excluding diaryl/α,β-unsaturated/α-hetero) is 3. The third-order valence-corrected chi connectivity index (χ3v) is 16.7. The number of carboxylic acid groups (broad SMARTS) is 1. The van der Waals surface area contributed by atoms with Gasteiger partial charge in [0.2, 0.25) is 23.6 Å². The van der Waals surface area contributed by atoms with E-state index in [0.717, 1.165) is 12.0 Å². The zero-order valence-corrected chi connectivity index (χ0v) is 49.6. The molecule has 2 heterocycles. The summed E-state index contributed by atoms with van der Waals surface area (Å²) >= 11 is 1.39. The predicted molar refractivity (Wildman–Crippen MR) is 304 cm³/mol. The molecule has 5 amide bonds. The summed E-state index contributed by atoms with van der Waals surface area (Å²) in [7, 11) is 6.19. The van der Waals surface area contributed by atoms with E-state index in [4.69, 9.17) is 14.2 Å². The van der Waals surface area contributed by atoms with Gasteiger partial charge in [-0.2, -0.15) is 11.8 Å². The van der Waals surface area contributed by atoms with E-state index in [1.54, 1.807) is 48.0 Å². The molecule has 2 aromatic carbocycles. The van der Waals surface area contributed by atoms with Crippen LogP contribution in [0.3, 0.4) is 0 Å². The largest absolute Gasteiger partial charge is 0.481 e. The van der Waals surface area contributed by atoms with Gasteiger partial charge in [-0.15, -0.1) is 0 Å². The Bertz CT molecular complexity index is 2370. The molecule has 0 saturated carbocycles. The number of nitrogens with one attached hydrogen (secondary N) is 1. The lowest BCUT2D eigenvalue weighted by molar-refractivity contribution is -0.149. The molecule has 2 saturated heterocycles. The Labute approximate surface area is 472 Å². The first-order valence-corrected chi connectivity index (χ1v) is 29.3. The van der Waals surface area contributed by atoms with Gasteiger partial charge in [0.25, 0.3) is 0 Å². The van der Waals surface area contributed by atoms with Gasteiger partial charge in [0, 0.05) is 84.6 Å². The Balaban J connectivity index is 1.31. The summed E-state index contributed by atoms with van der Waals surface area (Å²) in [6, 6.07) is 14.4. The molecule has 2 aromatic rings. The van der Waals surface area contributed by atoms with Crippen molar-refractivity contribution in [1.29, 1.82) is 0 Å². The molecule has 19 heteroatoms. The minimum Gasteiger partial charge on any atom is -0.481 e. The maximum absolute atomic E-state index is 14.6. The van der Waals surface area contributed by atoms with E-state index in [1.807, 2.05) is 78.1 Å². The van der Waals surface area contributed by atoms with Crippen molar-refractivity contribution < 1.29 is 62.5 Å². The number of carbonyl (C=O) groups excluding carboxylic acids is 8. The highest BCUT2D eigenvalue weighted by Gasteiger charge is 2.44. The van der Waals surface area contributed by atoms with Crippen molar-refractivity contribution in [3.05, 3.63) is 65.7 Å². The molecule has 2 aliphatic heterocycles. The first-order valence-electron chi connectivity index (χ1n) is 28.0. The minimum atomic E-state index is -1.06. The first kappa shape index (κ1) is 65.9. The highest BCUT2D eigenvalue weighted by molar-refractivity contribution is 8.00. The van der Waals surface area contributed by atoms with Gasteiger partial charge in [-0.3, -0.25) is 43.3 Å². The van der Waals surface area contributed by atoms with E-state index in [1.165, 1.54) is 42.8 Å². The van der Waals surface area contributed by atoms with E-state index in [0.29, 0.717) is 56.4 Å². The number of thioether (sulfide) groups is 1. The molecule has 2 N–H and O–H groups in total. The fourth-order valence-electron chi connectivity index (χ4n) is 11.3. The number of imide groups is 1. The fraction of sp³-hybridized carbons (Fsp3) is 0.650. The van der Waals surface area contributed by atoms with E-state index in [-0.39, 0.29) is 109 Å². The third kappa shape index (κ3) is 18.7. The summed E-state index contributed by atoms with van der Waals surface area (Å²) in [4.78, 5) is 126. The Hall–Kier alpha value is -5.66. The number of benzene rings is 2. The Morgan fingerprint density at radius 1 is 0.785 bits per heavy atom. The van der Waals surface area contributed by atoms with Gasteiger partial charge < -0.3 is 39.3 Å². The molecule has 0 aromatic heterocycles. The second-order valence-corrected chi connectivity index (χ2v) is 23.5. The van der Waals surface area contributed by atoms with Crippen molar-refractivity contribution in [1.82, 2.24) is 19.6 Å². The molecular formula is C60H89N5O13S. The molecule has 4 rings (SSSR count). The maximum atomic E-state index is 14.6. The van der Waals surface area contributed by atoms with Crippen molar-refractivity contribution in [3.63, 3.8) is 0 Å². The van der Waals surface area contributed by atoms with Crippen LogP contribution in [0.5, 0.6) is 0 Å². The van der Waals surface area contributed by atoms with Crippen molar-refractivity contribution in [2.45, 2.75) is 161 Å². The van der Waals surface area contributed by atoms with E-state index >= 15 is 0 Å². The van der Waals surface area contributed by atoms with Crippen molar-refractivity contribution in [3.8, 4) is 0 Å². The van der Waals surface area contributed by atoms with Crippen LogP contribution in [0.1, 0.15) is 124 Å². The van der Waals surface area contributed by atoms with Gasteiger partial charge in [-0.1, -0.05) is 97.4 Å². The number of ether oxygens (including phenoxy) is 3. The Kier molecular flexibility index (Phi) is 26.6. The Morgan fingerprint density at radius 2 is 1.46 bits per heavy atom. The predicted octanol–water partition coefficient (Wildman–Crippen LogP) is 7.98. The first-order chi connectivity index (χ1) is 37.4. The van der Waals surface area contributed by atoms with Gasteiger partial charge in [0.1, 0.15) is 12.4 Å². The third-order valence-electron chi connectivity index (χ3n) is 15.8. The molecular weight excluding hydrogens is 1030 g/mol. The van der Waals surface area contributed by atoms with Crippen LogP contribution in [0.4, 0.5) is 10.5 Å². The number of anilines is 1. The van der Waals surface area contributed by atoms with Gasteiger partial charge in [-0.25, -0.2) is 4.79 Å². The van der Waals surface area contributed by atoms with E-state index in [9.17, 15) is 48.3 Å². The van der Waals surface area contributed by atoms with Crippen LogP contribution in [0, 0.1) is 35.5 Å². The molecule has 18 nitrogen and oxygen atoms in total. The standard InChI is InChI=1S/C60H89N5O13S/c1-37(2)46(32-49(68)54(38(3)4)63(9)60(75)78-36-42-24-26-44(27-25-42)61-35-45(66)22-17-14-18-28-65-53(70)34-51(79-12)58(65)72)57(71)62(8)55(39(5)6)50(76-10)33-52(69)64-29-19-23-47(64)56(77-11)40(7)48(67)31-43(59(73)74)30-41-20-15-13-16-21-41/h13,15-16,20-21,24-27,37-40,43,46-47,50-51,54-56,61H,14,17-19,22-23,28-36H2,1-12H3,(H,73,74)/t40-,43+,46-,47-,50+,51?,54-,55-,56+/m0/s1. The highest BCUT2D eigenvalue weighted by atomic mass is 32.2. The summed E-state index contributed by atoms with van der Waals surface area (Å²) in [5, 5.41) is 12.9. The lowest BCUT2D eigenvalue weighted by Crippen LogP contribution is -2.54. The smallest absolute Gasteiger partial charge is 0.410 e. The number of likely N-dealkylation sites (tertiary alicyclic amines) is 2. The van der Waals surface area contributed by atoms with Crippen LogP contribution in [0.25, 0.3) is 0 Å². The number of carboxylic acids is 1. The number of rotatable bonds is 34. The van der Waals surface area contributed by atoms with Crippen LogP contribution in [-0.2, 0) is 65.6 Å². The summed E-state index contributed by atoms with van der Waals surface area (Å²) in [6.45, 7) is 13.9. The molecule has 438 valence electrons. The average Bonchev–Trinajstić information content (AvgIpc) is 4.03. The fourth-order valence-corrected chi connectivity index (χ4v) is 11.9. The zero-order chi connectivity index (χ0) is 58.7. The number of methoxy groups -OCH3 is 2. The number of amides is 5. The van der Waals surface area contributed by atoms with Gasteiger partial charge in [0.15, 0.2) is 11.6 Å². The molecule has 2 aliphatic rings. The molecule has 0 bridgehead atoms. The maximum Gasteiger partial charge on any atom is 0.410 e. The van der Waals surface area contributed by atoms with Gasteiger partial charge >= 0.3 is 12.1 Å². The number of carbonyl (C=O) groups is 9. The minimum absolute atomic E-state index is 0.0320. The lowest BCUT2D eigenvalue weighted by atomic mass is 9.84. The van der Waals surface area contributed by atoms with Crippen molar-refractivity contribution >= 4 is 70.5 Å². The SMILES string of the molecule is CO[C@H]([C@@H](C)C(=O)C[C@@H](Cc1ccccc1)C(=O)O)[C@@H]1CCCN1C(=O)C[C@@H](OC)[C@H](C(C)C)N(C)C(=O)[C@@H](CC(=O)[C@H](C(C)C)N(C)C(=O)OCc1ccc(NCC(=O)CCCCCN2C(=O)CC(SC)C2=O)cc1)C(C)C. The van der Waals surface area contributed by atoms with Crippen LogP contribution in [-0.4, -0.2) is 168 Å². The van der Waals surface area contributed by atoms with Gasteiger partial charge in [-0.05, 0) is 79.4 Å². The summed E-state index contributed by atoms with van der Waals surface area (Å²) in [5.41, 5.74) is 2.23. The number of hydrogen-bond donors (Lipinski definition) is 2. The molecule has 0 spiro atoms. The number of nitrogens with zero attached hydrogens (tertiary/aromatic N) is 4. The van der Waals surface area contributed by atoms with E-state index < -0.39 is 60.1 Å². The zero-order valence-electron chi connectivity index (χ0n) is 48.8. The lowest BCUT2D eigenvalue weighted by Gasteiger charge is -2.40. The van der Waals surface area contributed by atoms with Crippen molar-refractivity contribution in [2.24, 2.45) is 35.5 Å². The molecule has 1 unspecified atom stereocenters. The second-order valence-electron chi connectivity index (χ2n) is 22.4.